The SMILES string of the molecule is CCNC(=NCC1(CC)CCCC1)NCCCN1CCCC1=O.I. The minimum atomic E-state index is 0. The van der Waals surface area contributed by atoms with Gasteiger partial charge in [-0.25, -0.2) is 0 Å². The first-order chi connectivity index (χ1) is 11.2. The average molecular weight is 450 g/mol. The molecule has 0 aromatic rings. The topological polar surface area (TPSA) is 56.7 Å². The predicted molar refractivity (Wildman–Crippen MR) is 111 cm³/mol. The Hall–Kier alpha value is -0.530. The zero-order chi connectivity index (χ0) is 16.5. The zero-order valence-corrected chi connectivity index (χ0v) is 17.7. The Bertz CT molecular complexity index is 408. The fourth-order valence-electron chi connectivity index (χ4n) is 3.75. The summed E-state index contributed by atoms with van der Waals surface area (Å²) in [6.45, 7) is 8.89. The molecule has 24 heavy (non-hydrogen) atoms. The van der Waals surface area contributed by atoms with Crippen LogP contribution in [0.15, 0.2) is 4.99 Å². The number of carbonyl (C=O) groups is 1. The van der Waals surface area contributed by atoms with Crippen molar-refractivity contribution < 1.29 is 4.79 Å². The number of nitrogens with zero attached hydrogens (tertiary/aromatic N) is 2. The molecule has 0 aromatic heterocycles. The van der Waals surface area contributed by atoms with Gasteiger partial charge in [0.1, 0.15) is 0 Å². The van der Waals surface area contributed by atoms with E-state index in [2.05, 4.69) is 24.5 Å². The third-order valence-electron chi connectivity index (χ3n) is 5.40. The minimum absolute atomic E-state index is 0. The van der Waals surface area contributed by atoms with E-state index >= 15 is 0 Å². The highest BCUT2D eigenvalue weighted by atomic mass is 127. The number of hydrogen-bond acceptors (Lipinski definition) is 2. The zero-order valence-electron chi connectivity index (χ0n) is 15.4. The maximum atomic E-state index is 11.6. The molecule has 1 aliphatic carbocycles. The highest BCUT2D eigenvalue weighted by molar-refractivity contribution is 14.0. The Morgan fingerprint density at radius 1 is 1.21 bits per heavy atom. The van der Waals surface area contributed by atoms with Crippen LogP contribution in [0.1, 0.15) is 65.2 Å². The van der Waals surface area contributed by atoms with Gasteiger partial charge in [0.15, 0.2) is 5.96 Å². The summed E-state index contributed by atoms with van der Waals surface area (Å²) in [5, 5.41) is 6.77. The van der Waals surface area contributed by atoms with Gasteiger partial charge in [0.2, 0.25) is 5.91 Å². The molecule has 0 radical (unpaired) electrons. The number of guanidine groups is 1. The molecular weight excluding hydrogens is 415 g/mol. The van der Waals surface area contributed by atoms with E-state index in [1.807, 2.05) is 4.90 Å². The summed E-state index contributed by atoms with van der Waals surface area (Å²) in [7, 11) is 0. The number of hydrogen-bond donors (Lipinski definition) is 2. The number of halogens is 1. The summed E-state index contributed by atoms with van der Waals surface area (Å²) in [5.41, 5.74) is 0.435. The van der Waals surface area contributed by atoms with E-state index in [9.17, 15) is 4.79 Å². The third-order valence-corrected chi connectivity index (χ3v) is 5.40. The molecule has 1 amide bonds. The van der Waals surface area contributed by atoms with E-state index in [0.717, 1.165) is 57.9 Å². The lowest BCUT2D eigenvalue weighted by molar-refractivity contribution is -0.127. The minimum Gasteiger partial charge on any atom is -0.357 e. The summed E-state index contributed by atoms with van der Waals surface area (Å²) < 4.78 is 0. The number of rotatable bonds is 8. The van der Waals surface area contributed by atoms with Crippen LogP contribution in [0.3, 0.4) is 0 Å². The second-order valence-electron chi connectivity index (χ2n) is 7.02. The van der Waals surface area contributed by atoms with Gasteiger partial charge in [-0.2, -0.15) is 0 Å². The first kappa shape index (κ1) is 21.5. The van der Waals surface area contributed by atoms with Gasteiger partial charge in [-0.1, -0.05) is 19.8 Å². The molecule has 0 bridgehead atoms. The largest absolute Gasteiger partial charge is 0.357 e. The number of nitrogens with one attached hydrogen (secondary N) is 2. The second kappa shape index (κ2) is 11.2. The lowest BCUT2D eigenvalue weighted by atomic mass is 9.84. The molecule has 2 N–H and O–H groups in total. The van der Waals surface area contributed by atoms with Crippen molar-refractivity contribution in [3.05, 3.63) is 0 Å². The maximum absolute atomic E-state index is 11.6. The van der Waals surface area contributed by atoms with E-state index in [1.165, 1.54) is 32.1 Å². The van der Waals surface area contributed by atoms with Crippen LogP contribution in [0.5, 0.6) is 0 Å². The third kappa shape index (κ3) is 6.41. The van der Waals surface area contributed by atoms with Gasteiger partial charge in [0, 0.05) is 39.1 Å². The molecular formula is C18H35IN4O. The van der Waals surface area contributed by atoms with Crippen molar-refractivity contribution in [2.75, 3.05) is 32.7 Å². The van der Waals surface area contributed by atoms with Crippen LogP contribution >= 0.6 is 24.0 Å². The molecule has 1 heterocycles. The van der Waals surface area contributed by atoms with Crippen molar-refractivity contribution in [3.63, 3.8) is 0 Å². The molecule has 6 heteroatoms. The van der Waals surface area contributed by atoms with Crippen molar-refractivity contribution in [3.8, 4) is 0 Å². The second-order valence-corrected chi connectivity index (χ2v) is 7.02. The van der Waals surface area contributed by atoms with E-state index in [0.29, 0.717) is 11.3 Å². The summed E-state index contributed by atoms with van der Waals surface area (Å²) in [4.78, 5) is 18.4. The standard InChI is InChI=1S/C18H34N4O.HI/c1-3-18(10-5-6-11-18)15-21-17(19-4-2)20-12-8-14-22-13-7-9-16(22)23;/h3-15H2,1-2H3,(H2,19,20,21);1H. The highest BCUT2D eigenvalue weighted by Gasteiger charge is 2.31. The Labute approximate surface area is 164 Å². The van der Waals surface area contributed by atoms with Gasteiger partial charge in [0.05, 0.1) is 0 Å². The monoisotopic (exact) mass is 450 g/mol. The average Bonchev–Trinajstić information content (AvgIpc) is 3.19. The number of amides is 1. The smallest absolute Gasteiger partial charge is 0.222 e. The molecule has 2 aliphatic rings. The molecule has 0 aromatic carbocycles. The van der Waals surface area contributed by atoms with Crippen molar-refractivity contribution >= 4 is 35.8 Å². The fraction of sp³-hybridized carbons (Fsp3) is 0.889. The Kier molecular flexibility index (Phi) is 10.0. The summed E-state index contributed by atoms with van der Waals surface area (Å²) in [6.07, 6.45) is 9.33. The molecule has 1 saturated heterocycles. The van der Waals surface area contributed by atoms with Crippen LogP contribution in [0.25, 0.3) is 0 Å². The Balaban J connectivity index is 0.00000288. The van der Waals surface area contributed by atoms with Crippen LogP contribution in [0, 0.1) is 5.41 Å². The maximum Gasteiger partial charge on any atom is 0.222 e. The first-order valence-corrected chi connectivity index (χ1v) is 9.49. The van der Waals surface area contributed by atoms with Gasteiger partial charge in [-0.3, -0.25) is 9.79 Å². The van der Waals surface area contributed by atoms with Gasteiger partial charge in [-0.05, 0) is 44.4 Å². The lowest BCUT2D eigenvalue weighted by Gasteiger charge is -2.25. The van der Waals surface area contributed by atoms with Crippen LogP contribution in [-0.4, -0.2) is 49.5 Å². The first-order valence-electron chi connectivity index (χ1n) is 9.49. The predicted octanol–water partition coefficient (Wildman–Crippen LogP) is 3.14. The van der Waals surface area contributed by atoms with E-state index < -0.39 is 0 Å². The molecule has 1 aliphatic heterocycles. The summed E-state index contributed by atoms with van der Waals surface area (Å²) in [6, 6.07) is 0. The van der Waals surface area contributed by atoms with Gasteiger partial charge < -0.3 is 15.5 Å². The van der Waals surface area contributed by atoms with E-state index in [4.69, 9.17) is 4.99 Å². The number of likely N-dealkylation sites (tertiary alicyclic amines) is 1. The Morgan fingerprint density at radius 3 is 2.54 bits per heavy atom. The summed E-state index contributed by atoms with van der Waals surface area (Å²) in [5.74, 6) is 1.25. The summed E-state index contributed by atoms with van der Waals surface area (Å²) >= 11 is 0. The quantitative estimate of drug-likeness (QED) is 0.259. The van der Waals surface area contributed by atoms with Crippen LogP contribution in [0.2, 0.25) is 0 Å². The van der Waals surface area contributed by atoms with Crippen LogP contribution in [-0.2, 0) is 4.79 Å². The molecule has 2 fully saturated rings. The van der Waals surface area contributed by atoms with Crippen molar-refractivity contribution in [2.45, 2.75) is 65.2 Å². The molecule has 1 saturated carbocycles. The fourth-order valence-corrected chi connectivity index (χ4v) is 3.75. The number of aliphatic imine (C=N–C) groups is 1. The van der Waals surface area contributed by atoms with Crippen molar-refractivity contribution in [2.24, 2.45) is 10.4 Å². The highest BCUT2D eigenvalue weighted by Crippen LogP contribution is 2.41. The normalized spacial score (nSPS) is 20.2. The Morgan fingerprint density at radius 2 is 1.96 bits per heavy atom. The van der Waals surface area contributed by atoms with E-state index in [-0.39, 0.29) is 24.0 Å². The lowest BCUT2D eigenvalue weighted by Crippen LogP contribution is -2.39. The van der Waals surface area contributed by atoms with Crippen LogP contribution in [0.4, 0.5) is 0 Å². The van der Waals surface area contributed by atoms with Gasteiger partial charge in [0.25, 0.3) is 0 Å². The van der Waals surface area contributed by atoms with Crippen LogP contribution < -0.4 is 10.6 Å². The van der Waals surface area contributed by atoms with Crippen molar-refractivity contribution in [1.29, 1.82) is 0 Å². The molecule has 0 atom stereocenters. The molecule has 2 rings (SSSR count). The van der Waals surface area contributed by atoms with Crippen molar-refractivity contribution in [1.82, 2.24) is 15.5 Å². The molecule has 5 nitrogen and oxygen atoms in total. The number of carbonyl (C=O) groups excluding carboxylic acids is 1. The van der Waals surface area contributed by atoms with Gasteiger partial charge in [-0.15, -0.1) is 24.0 Å². The molecule has 140 valence electrons. The molecule has 0 unspecified atom stereocenters. The molecule has 0 spiro atoms. The van der Waals surface area contributed by atoms with Gasteiger partial charge >= 0.3 is 0 Å². The van der Waals surface area contributed by atoms with E-state index in [1.54, 1.807) is 0 Å².